The van der Waals surface area contributed by atoms with E-state index in [2.05, 4.69) is 44.8 Å². The summed E-state index contributed by atoms with van der Waals surface area (Å²) in [6, 6.07) is 14.3. The van der Waals surface area contributed by atoms with E-state index in [4.69, 9.17) is 10.5 Å². The van der Waals surface area contributed by atoms with Crippen molar-refractivity contribution in [3.63, 3.8) is 0 Å². The Labute approximate surface area is 222 Å². The van der Waals surface area contributed by atoms with Gasteiger partial charge in [-0.2, -0.15) is 0 Å². The number of rotatable bonds is 9. The quantitative estimate of drug-likeness (QED) is 0.218. The van der Waals surface area contributed by atoms with E-state index in [1.807, 2.05) is 30.3 Å². The van der Waals surface area contributed by atoms with Gasteiger partial charge >= 0.3 is 5.97 Å². The zero-order valence-electron chi connectivity index (χ0n) is 21.6. The van der Waals surface area contributed by atoms with Crippen LogP contribution in [0, 0.1) is 0 Å². The number of aromatic nitrogens is 1. The maximum Gasteiger partial charge on any atom is 0.349 e. The molecule has 3 aromatic rings. The number of hydrogen-bond acceptors (Lipinski definition) is 7. The molecular weight excluding hydrogens is 488 g/mol. The van der Waals surface area contributed by atoms with E-state index in [9.17, 15) is 9.90 Å². The Balaban J connectivity index is 1.64. The SMILES string of the molecule is CCCCC[C@]1(CCc2ccccc2)CC(O)=C(Sc2cc3sc(N)nc3cc2C(C)(C)C)C(=O)O1. The van der Waals surface area contributed by atoms with Crippen molar-refractivity contribution >= 4 is 44.4 Å². The van der Waals surface area contributed by atoms with Crippen LogP contribution >= 0.6 is 23.1 Å². The number of nitrogen functional groups attached to an aromatic ring is 1. The minimum Gasteiger partial charge on any atom is -0.511 e. The van der Waals surface area contributed by atoms with Gasteiger partial charge in [0.1, 0.15) is 16.3 Å². The minimum atomic E-state index is -0.681. The van der Waals surface area contributed by atoms with Crippen molar-refractivity contribution < 1.29 is 14.6 Å². The fourth-order valence-corrected chi connectivity index (χ4v) is 6.77. The number of nitrogens with two attached hydrogens (primary N) is 1. The number of unbranched alkanes of at least 4 members (excludes halogenated alkanes) is 2. The summed E-state index contributed by atoms with van der Waals surface area (Å²) in [6.07, 6.45) is 5.71. The van der Waals surface area contributed by atoms with E-state index in [0.717, 1.165) is 52.8 Å². The van der Waals surface area contributed by atoms with Crippen molar-refractivity contribution in [3.8, 4) is 0 Å². The van der Waals surface area contributed by atoms with Crippen LogP contribution in [0.3, 0.4) is 0 Å². The average Bonchev–Trinajstić information content (AvgIpc) is 3.19. The second-order valence-electron chi connectivity index (χ2n) is 10.7. The Morgan fingerprint density at radius 3 is 2.58 bits per heavy atom. The van der Waals surface area contributed by atoms with Crippen molar-refractivity contribution in [2.45, 2.75) is 88.6 Å². The van der Waals surface area contributed by atoms with E-state index in [0.29, 0.717) is 18.0 Å². The molecule has 7 heteroatoms. The Bertz CT molecular complexity index is 1260. The number of anilines is 1. The Morgan fingerprint density at radius 2 is 1.92 bits per heavy atom. The molecule has 0 aliphatic carbocycles. The number of aliphatic hydroxyl groups is 1. The van der Waals surface area contributed by atoms with Gasteiger partial charge in [0.2, 0.25) is 0 Å². The maximum atomic E-state index is 13.4. The van der Waals surface area contributed by atoms with Gasteiger partial charge in [-0.25, -0.2) is 9.78 Å². The number of carbonyl (C=O) groups excluding carboxylic acids is 1. The molecule has 0 fully saturated rings. The highest BCUT2D eigenvalue weighted by Gasteiger charge is 2.42. The number of fused-ring (bicyclic) bond motifs is 1. The molecule has 2 aromatic carbocycles. The highest BCUT2D eigenvalue weighted by molar-refractivity contribution is 8.04. The number of benzene rings is 2. The third kappa shape index (κ3) is 6.06. The third-order valence-electron chi connectivity index (χ3n) is 6.72. The van der Waals surface area contributed by atoms with Crippen molar-refractivity contribution in [3.05, 3.63) is 64.3 Å². The van der Waals surface area contributed by atoms with Gasteiger partial charge in [0.15, 0.2) is 5.13 Å². The Morgan fingerprint density at radius 1 is 1.17 bits per heavy atom. The number of carbonyl (C=O) groups is 1. The molecule has 1 atom stereocenters. The number of thioether (sulfide) groups is 1. The van der Waals surface area contributed by atoms with Gasteiger partial charge in [-0.15, -0.1) is 0 Å². The first-order chi connectivity index (χ1) is 17.1. The van der Waals surface area contributed by atoms with Gasteiger partial charge in [0, 0.05) is 11.3 Å². The molecule has 0 spiro atoms. The minimum absolute atomic E-state index is 0.129. The summed E-state index contributed by atoms with van der Waals surface area (Å²) in [7, 11) is 0. The summed E-state index contributed by atoms with van der Waals surface area (Å²) in [4.78, 5) is 19.0. The molecule has 0 saturated heterocycles. The van der Waals surface area contributed by atoms with Gasteiger partial charge in [-0.05, 0) is 54.4 Å². The van der Waals surface area contributed by atoms with Gasteiger partial charge in [0.25, 0.3) is 0 Å². The molecule has 36 heavy (non-hydrogen) atoms. The molecule has 2 heterocycles. The van der Waals surface area contributed by atoms with Gasteiger partial charge in [0.05, 0.1) is 10.2 Å². The lowest BCUT2D eigenvalue weighted by molar-refractivity contribution is -0.159. The van der Waals surface area contributed by atoms with Crippen molar-refractivity contribution in [2.75, 3.05) is 5.73 Å². The van der Waals surface area contributed by atoms with Crippen LogP contribution in [0.15, 0.2) is 58.0 Å². The first kappa shape index (κ1) is 26.6. The standard InChI is InChI=1S/C29H36N2O3S2/c1-5-6-10-14-29(15-13-19-11-8-7-9-12-19)18-22(32)25(26(33)34-29)35-23-17-24-21(31-27(30)36-24)16-20(23)28(2,3)4/h7-9,11-12,16-17,32H,5-6,10,13-15,18H2,1-4H3,(H2,30,31)/t29-/m0/s1. The predicted octanol–water partition coefficient (Wildman–Crippen LogP) is 7.94. The van der Waals surface area contributed by atoms with Crippen LogP contribution in [0.2, 0.25) is 0 Å². The van der Waals surface area contributed by atoms with E-state index in [-0.39, 0.29) is 16.1 Å². The summed E-state index contributed by atoms with van der Waals surface area (Å²) in [5, 5.41) is 11.7. The van der Waals surface area contributed by atoms with Crippen molar-refractivity contribution in [1.29, 1.82) is 0 Å². The monoisotopic (exact) mass is 524 g/mol. The lowest BCUT2D eigenvalue weighted by Gasteiger charge is -2.37. The second-order valence-corrected chi connectivity index (χ2v) is 12.8. The molecule has 3 N–H and O–H groups in total. The van der Waals surface area contributed by atoms with E-state index in [1.54, 1.807) is 0 Å². The molecule has 0 unspecified atom stereocenters. The lowest BCUT2D eigenvalue weighted by Crippen LogP contribution is -2.40. The van der Waals surface area contributed by atoms with Gasteiger partial charge in [-0.1, -0.05) is 94.0 Å². The van der Waals surface area contributed by atoms with Crippen LogP contribution in [0.4, 0.5) is 5.13 Å². The largest absolute Gasteiger partial charge is 0.511 e. The van der Waals surface area contributed by atoms with Gasteiger partial charge in [-0.3, -0.25) is 0 Å². The van der Waals surface area contributed by atoms with E-state index in [1.165, 1.54) is 28.7 Å². The van der Waals surface area contributed by atoms with Crippen molar-refractivity contribution in [2.24, 2.45) is 0 Å². The molecular formula is C29H36N2O3S2. The number of aliphatic hydroxyl groups excluding tert-OH is 1. The van der Waals surface area contributed by atoms with E-state index < -0.39 is 11.6 Å². The Hall–Kier alpha value is -2.51. The summed E-state index contributed by atoms with van der Waals surface area (Å²) in [5.74, 6) is -0.304. The number of thiazole rings is 1. The smallest absolute Gasteiger partial charge is 0.349 e. The molecule has 0 amide bonds. The first-order valence-electron chi connectivity index (χ1n) is 12.7. The Kier molecular flexibility index (Phi) is 8.00. The number of nitrogens with zero attached hydrogens (tertiary/aromatic N) is 1. The predicted molar refractivity (Wildman–Crippen MR) is 151 cm³/mol. The fourth-order valence-electron chi connectivity index (χ4n) is 4.75. The van der Waals surface area contributed by atoms with E-state index >= 15 is 0 Å². The van der Waals surface area contributed by atoms with Crippen LogP contribution < -0.4 is 5.73 Å². The number of aryl methyl sites for hydroxylation is 1. The molecule has 1 aliphatic heterocycles. The molecule has 0 bridgehead atoms. The second kappa shape index (κ2) is 10.9. The molecule has 0 saturated carbocycles. The highest BCUT2D eigenvalue weighted by atomic mass is 32.2. The van der Waals surface area contributed by atoms with Crippen LogP contribution in [0.25, 0.3) is 10.2 Å². The topological polar surface area (TPSA) is 85.4 Å². The zero-order chi connectivity index (χ0) is 25.9. The van der Waals surface area contributed by atoms with Crippen LogP contribution in [-0.4, -0.2) is 21.7 Å². The van der Waals surface area contributed by atoms with Crippen molar-refractivity contribution in [1.82, 2.24) is 4.98 Å². The molecule has 1 aliphatic rings. The highest BCUT2D eigenvalue weighted by Crippen LogP contribution is 2.45. The van der Waals surface area contributed by atoms with Crippen LogP contribution in [0.5, 0.6) is 0 Å². The molecule has 1 aromatic heterocycles. The first-order valence-corrected chi connectivity index (χ1v) is 14.3. The summed E-state index contributed by atoms with van der Waals surface area (Å²) in [5.41, 5.74) is 8.22. The number of cyclic esters (lactones) is 1. The normalized spacial score (nSPS) is 18.6. The molecule has 192 valence electrons. The lowest BCUT2D eigenvalue weighted by atomic mass is 9.84. The summed E-state index contributed by atoms with van der Waals surface area (Å²) < 4.78 is 7.17. The maximum absolute atomic E-state index is 13.4. The average molecular weight is 525 g/mol. The number of ether oxygens (including phenoxy) is 1. The number of hydrogen-bond donors (Lipinski definition) is 2. The molecule has 0 radical (unpaired) electrons. The van der Waals surface area contributed by atoms with Gasteiger partial charge < -0.3 is 15.6 Å². The van der Waals surface area contributed by atoms with Crippen LogP contribution in [0.1, 0.15) is 77.3 Å². The zero-order valence-corrected chi connectivity index (χ0v) is 23.2. The molecule has 5 nitrogen and oxygen atoms in total. The van der Waals surface area contributed by atoms with Crippen LogP contribution in [-0.2, 0) is 21.4 Å². The fraction of sp³-hybridized carbons (Fsp3) is 0.448. The summed E-state index contributed by atoms with van der Waals surface area (Å²) >= 11 is 2.72. The summed E-state index contributed by atoms with van der Waals surface area (Å²) in [6.45, 7) is 8.55. The number of esters is 1. The molecule has 4 rings (SSSR count). The third-order valence-corrected chi connectivity index (χ3v) is 8.73.